The van der Waals surface area contributed by atoms with Crippen LogP contribution in [0.25, 0.3) is 28.2 Å². The highest BCUT2D eigenvalue weighted by molar-refractivity contribution is 5.67. The Morgan fingerprint density at radius 2 is 1.37 bits per heavy atom. The third-order valence-corrected chi connectivity index (χ3v) is 4.74. The van der Waals surface area contributed by atoms with Crippen LogP contribution in [-0.4, -0.2) is 14.8 Å². The predicted molar refractivity (Wildman–Crippen MR) is 111 cm³/mol. The fraction of sp³-hybridized carbons (Fsp3) is 0.167. The van der Waals surface area contributed by atoms with E-state index < -0.39 is 0 Å². The molecule has 1 aromatic heterocycles. The highest BCUT2D eigenvalue weighted by atomic mass is 15.4. The van der Waals surface area contributed by atoms with Gasteiger partial charge in [0.05, 0.1) is 5.69 Å². The van der Waals surface area contributed by atoms with E-state index in [1.165, 1.54) is 16.7 Å². The van der Waals surface area contributed by atoms with Gasteiger partial charge in [-0.3, -0.25) is 0 Å². The highest BCUT2D eigenvalue weighted by Crippen LogP contribution is 2.25. The Morgan fingerprint density at radius 1 is 0.741 bits per heavy atom. The van der Waals surface area contributed by atoms with Gasteiger partial charge in [-0.15, -0.1) is 5.10 Å². The molecule has 3 nitrogen and oxygen atoms in total. The van der Waals surface area contributed by atoms with Gasteiger partial charge in [0.25, 0.3) is 0 Å². The van der Waals surface area contributed by atoms with Crippen LogP contribution in [0.2, 0.25) is 0 Å². The van der Waals surface area contributed by atoms with Crippen LogP contribution in [-0.2, 0) is 6.42 Å². The van der Waals surface area contributed by atoms with E-state index in [0.717, 1.165) is 35.7 Å². The van der Waals surface area contributed by atoms with Gasteiger partial charge in [0.1, 0.15) is 5.82 Å². The van der Waals surface area contributed by atoms with E-state index in [4.69, 9.17) is 10.1 Å². The molecule has 0 amide bonds. The number of rotatable bonds is 5. The first-order chi connectivity index (χ1) is 13.3. The standard InChI is InChI=1S/C24H23N3/c1-3-9-23-25-24(26-27(23)22-13-8-7-10-18(22)2)21-16-14-20(15-17-21)19-11-5-4-6-12-19/h4-8,10-17H,3,9H2,1-2H3. The maximum Gasteiger partial charge on any atom is 0.181 e. The van der Waals surface area contributed by atoms with Crippen molar-refractivity contribution < 1.29 is 0 Å². The fourth-order valence-corrected chi connectivity index (χ4v) is 3.29. The Labute approximate surface area is 160 Å². The van der Waals surface area contributed by atoms with Crippen molar-refractivity contribution in [1.29, 1.82) is 0 Å². The molecule has 3 heteroatoms. The second kappa shape index (κ2) is 7.58. The van der Waals surface area contributed by atoms with Gasteiger partial charge < -0.3 is 0 Å². The average Bonchev–Trinajstić information content (AvgIpc) is 3.13. The van der Waals surface area contributed by atoms with E-state index in [9.17, 15) is 0 Å². The van der Waals surface area contributed by atoms with Crippen molar-refractivity contribution in [2.75, 3.05) is 0 Å². The molecule has 27 heavy (non-hydrogen) atoms. The monoisotopic (exact) mass is 353 g/mol. The number of nitrogens with zero attached hydrogens (tertiary/aromatic N) is 3. The van der Waals surface area contributed by atoms with Crippen LogP contribution in [0.1, 0.15) is 24.7 Å². The van der Waals surface area contributed by atoms with Crippen molar-refractivity contribution in [2.45, 2.75) is 26.7 Å². The van der Waals surface area contributed by atoms with Crippen LogP contribution in [0.15, 0.2) is 78.9 Å². The average molecular weight is 353 g/mol. The van der Waals surface area contributed by atoms with Crippen LogP contribution >= 0.6 is 0 Å². The van der Waals surface area contributed by atoms with Gasteiger partial charge in [0.2, 0.25) is 0 Å². The highest BCUT2D eigenvalue weighted by Gasteiger charge is 2.14. The second-order valence-electron chi connectivity index (χ2n) is 6.74. The van der Waals surface area contributed by atoms with Gasteiger partial charge >= 0.3 is 0 Å². The molecule has 0 bridgehead atoms. The van der Waals surface area contributed by atoms with E-state index in [1.807, 2.05) is 16.8 Å². The summed E-state index contributed by atoms with van der Waals surface area (Å²) in [5, 5.41) is 4.84. The Hall–Kier alpha value is -3.20. The molecule has 1 heterocycles. The summed E-state index contributed by atoms with van der Waals surface area (Å²) in [7, 11) is 0. The number of benzene rings is 3. The lowest BCUT2D eigenvalue weighted by Crippen LogP contribution is -2.04. The molecule has 0 aliphatic heterocycles. The molecule has 4 rings (SSSR count). The van der Waals surface area contributed by atoms with Crippen molar-refractivity contribution in [3.8, 4) is 28.2 Å². The fourth-order valence-electron chi connectivity index (χ4n) is 3.29. The predicted octanol–water partition coefficient (Wildman–Crippen LogP) is 5.86. The molecule has 0 atom stereocenters. The number of hydrogen-bond acceptors (Lipinski definition) is 2. The minimum atomic E-state index is 0.779. The summed E-state index contributed by atoms with van der Waals surface area (Å²) in [5.41, 5.74) is 5.76. The first kappa shape index (κ1) is 17.2. The lowest BCUT2D eigenvalue weighted by Gasteiger charge is -2.07. The van der Waals surface area contributed by atoms with Crippen LogP contribution in [0.4, 0.5) is 0 Å². The summed E-state index contributed by atoms with van der Waals surface area (Å²) < 4.78 is 2.00. The summed E-state index contributed by atoms with van der Waals surface area (Å²) in [6.45, 7) is 4.28. The molecule has 0 spiro atoms. The smallest absolute Gasteiger partial charge is 0.181 e. The topological polar surface area (TPSA) is 30.7 Å². The summed E-state index contributed by atoms with van der Waals surface area (Å²) in [4.78, 5) is 4.84. The van der Waals surface area contributed by atoms with E-state index in [2.05, 4.69) is 80.6 Å². The van der Waals surface area contributed by atoms with Gasteiger partial charge in [-0.2, -0.15) is 0 Å². The Morgan fingerprint density at radius 3 is 2.07 bits per heavy atom. The molecule has 3 aromatic carbocycles. The molecule has 0 N–H and O–H groups in total. The zero-order chi connectivity index (χ0) is 18.6. The molecule has 0 aliphatic carbocycles. The second-order valence-corrected chi connectivity index (χ2v) is 6.74. The molecule has 0 unspecified atom stereocenters. The summed E-state index contributed by atoms with van der Waals surface area (Å²) in [6, 6.07) is 27.2. The molecule has 0 saturated carbocycles. The third kappa shape index (κ3) is 3.54. The first-order valence-corrected chi connectivity index (χ1v) is 9.44. The lowest BCUT2D eigenvalue weighted by atomic mass is 10.0. The largest absolute Gasteiger partial charge is 0.217 e. The molecule has 4 aromatic rings. The van der Waals surface area contributed by atoms with Gasteiger partial charge in [-0.05, 0) is 36.1 Å². The van der Waals surface area contributed by atoms with Gasteiger partial charge in [0, 0.05) is 12.0 Å². The summed E-state index contributed by atoms with van der Waals surface area (Å²) in [6.07, 6.45) is 1.94. The van der Waals surface area contributed by atoms with E-state index >= 15 is 0 Å². The van der Waals surface area contributed by atoms with Crippen molar-refractivity contribution in [2.24, 2.45) is 0 Å². The van der Waals surface area contributed by atoms with E-state index in [0.29, 0.717) is 0 Å². The molecular weight excluding hydrogens is 330 g/mol. The Balaban J connectivity index is 1.72. The minimum absolute atomic E-state index is 0.779. The lowest BCUT2D eigenvalue weighted by molar-refractivity contribution is 0.756. The number of aromatic nitrogens is 3. The zero-order valence-electron chi connectivity index (χ0n) is 15.8. The SMILES string of the molecule is CCCc1nc(-c2ccc(-c3ccccc3)cc2)nn1-c1ccccc1C. The molecule has 0 radical (unpaired) electrons. The van der Waals surface area contributed by atoms with E-state index in [-0.39, 0.29) is 0 Å². The molecule has 0 fully saturated rings. The molecule has 0 saturated heterocycles. The molecule has 134 valence electrons. The van der Waals surface area contributed by atoms with Crippen molar-refractivity contribution >= 4 is 0 Å². The number of para-hydroxylation sites is 1. The maximum atomic E-state index is 4.84. The van der Waals surface area contributed by atoms with Gasteiger partial charge in [-0.1, -0.05) is 79.7 Å². The Kier molecular flexibility index (Phi) is 4.84. The van der Waals surface area contributed by atoms with Crippen molar-refractivity contribution in [3.63, 3.8) is 0 Å². The number of aryl methyl sites for hydroxylation is 2. The van der Waals surface area contributed by atoms with Crippen LogP contribution in [0.5, 0.6) is 0 Å². The molecule has 0 aliphatic rings. The first-order valence-electron chi connectivity index (χ1n) is 9.44. The van der Waals surface area contributed by atoms with E-state index in [1.54, 1.807) is 0 Å². The summed E-state index contributed by atoms with van der Waals surface area (Å²) >= 11 is 0. The minimum Gasteiger partial charge on any atom is -0.217 e. The normalized spacial score (nSPS) is 10.9. The zero-order valence-corrected chi connectivity index (χ0v) is 15.8. The Bertz CT molecular complexity index is 1030. The van der Waals surface area contributed by atoms with Gasteiger partial charge in [0.15, 0.2) is 5.82 Å². The van der Waals surface area contributed by atoms with Gasteiger partial charge in [-0.25, -0.2) is 9.67 Å². The van der Waals surface area contributed by atoms with Crippen LogP contribution in [0.3, 0.4) is 0 Å². The molecular formula is C24H23N3. The van der Waals surface area contributed by atoms with Crippen LogP contribution < -0.4 is 0 Å². The van der Waals surface area contributed by atoms with Crippen molar-refractivity contribution in [3.05, 3.63) is 90.3 Å². The maximum absolute atomic E-state index is 4.84. The third-order valence-electron chi connectivity index (χ3n) is 4.74. The quantitative estimate of drug-likeness (QED) is 0.450. The van der Waals surface area contributed by atoms with Crippen molar-refractivity contribution in [1.82, 2.24) is 14.8 Å². The summed E-state index contributed by atoms with van der Waals surface area (Å²) in [5.74, 6) is 1.79. The van der Waals surface area contributed by atoms with Crippen LogP contribution in [0, 0.1) is 6.92 Å². The number of hydrogen-bond donors (Lipinski definition) is 0.